The van der Waals surface area contributed by atoms with Crippen molar-refractivity contribution in [1.82, 2.24) is 0 Å². The van der Waals surface area contributed by atoms with Gasteiger partial charge in [-0.1, -0.05) is 0 Å². The highest BCUT2D eigenvalue weighted by Crippen LogP contribution is 2.26. The molecule has 0 amide bonds. The molecule has 0 atom stereocenters. The van der Waals surface area contributed by atoms with Gasteiger partial charge in [0.1, 0.15) is 5.75 Å². The molecular formula is C8H8N2OS. The lowest BCUT2D eigenvalue weighted by Crippen LogP contribution is -1.89. The first-order chi connectivity index (χ1) is 5.81. The lowest BCUT2D eigenvalue weighted by atomic mass is 10.2. The number of hydrogen-bond donors (Lipinski definition) is 1. The van der Waals surface area contributed by atoms with Crippen LogP contribution in [-0.2, 0) is 0 Å². The molecule has 0 aliphatic heterocycles. The van der Waals surface area contributed by atoms with Crippen molar-refractivity contribution in [2.24, 2.45) is 5.14 Å². The normalized spacial score (nSPS) is 9.08. The molecule has 62 valence electrons. The van der Waals surface area contributed by atoms with Gasteiger partial charge in [0, 0.05) is 0 Å². The molecule has 1 aromatic rings. The molecule has 2 N–H and O–H groups in total. The predicted octanol–water partition coefficient (Wildman–Crippen LogP) is 1.53. The number of nitrogens with zero attached hydrogens (tertiary/aromatic N) is 1. The molecule has 0 saturated carbocycles. The standard InChI is InChI=1S/C8H8N2OS/c1-11-7-4-6(5-9)2-3-8(7)12-10/h2-4H,10H2,1H3. The fourth-order valence-corrected chi connectivity index (χ4v) is 1.24. The van der Waals surface area contributed by atoms with Gasteiger partial charge >= 0.3 is 0 Å². The summed E-state index contributed by atoms with van der Waals surface area (Å²) in [5.74, 6) is 0.640. The molecule has 0 unspecified atom stereocenters. The van der Waals surface area contributed by atoms with Crippen LogP contribution in [0.3, 0.4) is 0 Å². The zero-order chi connectivity index (χ0) is 8.97. The maximum atomic E-state index is 8.58. The average molecular weight is 180 g/mol. The largest absolute Gasteiger partial charge is 0.495 e. The Hall–Kier alpha value is -1.18. The van der Waals surface area contributed by atoms with E-state index in [0.29, 0.717) is 11.3 Å². The van der Waals surface area contributed by atoms with Gasteiger partial charge < -0.3 is 4.74 Å². The van der Waals surface area contributed by atoms with E-state index in [9.17, 15) is 0 Å². The summed E-state index contributed by atoms with van der Waals surface area (Å²) in [6.45, 7) is 0. The van der Waals surface area contributed by atoms with E-state index in [1.165, 1.54) is 0 Å². The molecule has 0 saturated heterocycles. The minimum absolute atomic E-state index is 0.574. The minimum Gasteiger partial charge on any atom is -0.495 e. The van der Waals surface area contributed by atoms with Gasteiger partial charge in [-0.05, 0) is 30.1 Å². The van der Waals surface area contributed by atoms with E-state index in [1.54, 1.807) is 25.3 Å². The Balaban J connectivity index is 3.13. The second-order valence-electron chi connectivity index (χ2n) is 2.10. The summed E-state index contributed by atoms with van der Waals surface area (Å²) in [6, 6.07) is 7.16. The van der Waals surface area contributed by atoms with Crippen LogP contribution in [0.4, 0.5) is 0 Å². The third-order valence-corrected chi connectivity index (χ3v) is 2.01. The molecule has 1 rings (SSSR count). The summed E-state index contributed by atoms with van der Waals surface area (Å²) in [5, 5.41) is 13.9. The van der Waals surface area contributed by atoms with Crippen molar-refractivity contribution in [2.75, 3.05) is 7.11 Å². The number of benzene rings is 1. The quantitative estimate of drug-likeness (QED) is 0.701. The maximum Gasteiger partial charge on any atom is 0.135 e. The molecule has 1 aromatic carbocycles. The molecule has 0 fully saturated rings. The third-order valence-electron chi connectivity index (χ3n) is 1.42. The number of rotatable bonds is 2. The number of ether oxygens (including phenoxy) is 1. The molecule has 0 heterocycles. The van der Waals surface area contributed by atoms with E-state index in [1.807, 2.05) is 6.07 Å². The Morgan fingerprint density at radius 2 is 2.33 bits per heavy atom. The van der Waals surface area contributed by atoms with Crippen molar-refractivity contribution in [2.45, 2.75) is 4.90 Å². The van der Waals surface area contributed by atoms with E-state index in [0.717, 1.165) is 16.8 Å². The Bertz CT molecular complexity index is 319. The van der Waals surface area contributed by atoms with Crippen LogP contribution >= 0.6 is 11.9 Å². The second-order valence-corrected chi connectivity index (χ2v) is 2.77. The predicted molar refractivity (Wildman–Crippen MR) is 47.8 cm³/mol. The Morgan fingerprint density at radius 3 is 2.83 bits per heavy atom. The smallest absolute Gasteiger partial charge is 0.135 e. The first kappa shape index (κ1) is 8.91. The lowest BCUT2D eigenvalue weighted by molar-refractivity contribution is 0.404. The molecule has 0 radical (unpaired) electrons. The van der Waals surface area contributed by atoms with E-state index in [4.69, 9.17) is 15.1 Å². The number of nitrogens with two attached hydrogens (primary N) is 1. The summed E-state index contributed by atoms with van der Waals surface area (Å²) in [6.07, 6.45) is 0. The summed E-state index contributed by atoms with van der Waals surface area (Å²) < 4.78 is 5.03. The first-order valence-electron chi connectivity index (χ1n) is 3.26. The van der Waals surface area contributed by atoms with Crippen molar-refractivity contribution in [3.8, 4) is 11.8 Å². The van der Waals surface area contributed by atoms with E-state index >= 15 is 0 Å². The summed E-state index contributed by atoms with van der Waals surface area (Å²) in [5.41, 5.74) is 0.574. The monoisotopic (exact) mass is 180 g/mol. The van der Waals surface area contributed by atoms with Crippen molar-refractivity contribution in [3.63, 3.8) is 0 Å². The van der Waals surface area contributed by atoms with Gasteiger partial charge in [-0.15, -0.1) is 0 Å². The van der Waals surface area contributed by atoms with E-state index in [-0.39, 0.29) is 0 Å². The molecule has 12 heavy (non-hydrogen) atoms. The van der Waals surface area contributed by atoms with Gasteiger partial charge in [0.05, 0.1) is 23.6 Å². The lowest BCUT2D eigenvalue weighted by Gasteiger charge is -2.04. The third kappa shape index (κ3) is 1.70. The van der Waals surface area contributed by atoms with Crippen LogP contribution in [0.15, 0.2) is 23.1 Å². The Morgan fingerprint density at radius 1 is 1.58 bits per heavy atom. The van der Waals surface area contributed by atoms with Gasteiger partial charge in [0.2, 0.25) is 0 Å². The summed E-state index contributed by atoms with van der Waals surface area (Å²) in [4.78, 5) is 0.830. The maximum absolute atomic E-state index is 8.58. The van der Waals surface area contributed by atoms with Crippen LogP contribution in [0.5, 0.6) is 5.75 Å². The molecule has 0 spiro atoms. The molecule has 0 bridgehead atoms. The minimum atomic E-state index is 0.574. The zero-order valence-electron chi connectivity index (χ0n) is 6.57. The van der Waals surface area contributed by atoms with Gasteiger partial charge in [-0.3, -0.25) is 5.14 Å². The van der Waals surface area contributed by atoms with Crippen LogP contribution in [0.25, 0.3) is 0 Å². The fourth-order valence-electron chi connectivity index (χ4n) is 0.834. The molecule has 4 heteroatoms. The van der Waals surface area contributed by atoms with Crippen molar-refractivity contribution in [1.29, 1.82) is 5.26 Å². The van der Waals surface area contributed by atoms with Crippen molar-refractivity contribution in [3.05, 3.63) is 23.8 Å². The summed E-state index contributed by atoms with van der Waals surface area (Å²) in [7, 11) is 1.55. The first-order valence-corrected chi connectivity index (χ1v) is 4.14. The highest BCUT2D eigenvalue weighted by molar-refractivity contribution is 7.97. The van der Waals surface area contributed by atoms with E-state index in [2.05, 4.69) is 0 Å². The van der Waals surface area contributed by atoms with Crippen LogP contribution in [0.2, 0.25) is 0 Å². The Kier molecular flexibility index (Phi) is 2.97. The van der Waals surface area contributed by atoms with Gasteiger partial charge in [-0.2, -0.15) is 5.26 Å². The number of nitriles is 1. The molecular weight excluding hydrogens is 172 g/mol. The van der Waals surface area contributed by atoms with Gasteiger partial charge in [0.25, 0.3) is 0 Å². The van der Waals surface area contributed by atoms with Crippen LogP contribution in [0, 0.1) is 11.3 Å². The van der Waals surface area contributed by atoms with Gasteiger partial charge in [-0.25, -0.2) is 0 Å². The highest BCUT2D eigenvalue weighted by Gasteiger charge is 2.02. The zero-order valence-corrected chi connectivity index (χ0v) is 7.39. The SMILES string of the molecule is COc1cc(C#N)ccc1SN. The van der Waals surface area contributed by atoms with Crippen molar-refractivity contribution < 1.29 is 4.74 Å². The molecule has 0 aliphatic rings. The molecule has 0 aliphatic carbocycles. The molecule has 0 aromatic heterocycles. The number of hydrogen-bond acceptors (Lipinski definition) is 4. The topological polar surface area (TPSA) is 59.0 Å². The average Bonchev–Trinajstić information content (AvgIpc) is 2.16. The van der Waals surface area contributed by atoms with E-state index < -0.39 is 0 Å². The fraction of sp³-hybridized carbons (Fsp3) is 0.125. The molecule has 3 nitrogen and oxygen atoms in total. The summed E-state index contributed by atoms with van der Waals surface area (Å²) >= 11 is 1.10. The van der Waals surface area contributed by atoms with Gasteiger partial charge in [0.15, 0.2) is 0 Å². The number of methoxy groups -OCH3 is 1. The highest BCUT2D eigenvalue weighted by atomic mass is 32.2. The Labute approximate surface area is 75.3 Å². The van der Waals surface area contributed by atoms with Crippen LogP contribution in [-0.4, -0.2) is 7.11 Å². The van der Waals surface area contributed by atoms with Crippen LogP contribution in [0.1, 0.15) is 5.56 Å². The second kappa shape index (κ2) is 4.00. The van der Waals surface area contributed by atoms with Crippen molar-refractivity contribution >= 4 is 11.9 Å². The van der Waals surface area contributed by atoms with Crippen LogP contribution < -0.4 is 9.88 Å².